The van der Waals surface area contributed by atoms with Gasteiger partial charge in [0.2, 0.25) is 6.08 Å². The van der Waals surface area contributed by atoms with Gasteiger partial charge in [-0.15, -0.1) is 11.8 Å². The molecule has 15 heavy (non-hydrogen) atoms. The normalized spacial score (nSPS) is 17.7. The lowest BCUT2D eigenvalue weighted by Gasteiger charge is -2.37. The van der Waals surface area contributed by atoms with E-state index in [1.165, 1.54) is 4.90 Å². The average molecular weight is 219 g/mol. The van der Waals surface area contributed by atoms with E-state index in [9.17, 15) is 4.79 Å². The first-order valence-electron chi connectivity index (χ1n) is 5.04. The maximum atomic E-state index is 10.4. The highest BCUT2D eigenvalue weighted by molar-refractivity contribution is 7.98. The van der Waals surface area contributed by atoms with Crippen molar-refractivity contribution in [2.24, 2.45) is 4.99 Å². The molecule has 0 atom stereocenters. The summed E-state index contributed by atoms with van der Waals surface area (Å²) in [5.74, 6) is 0. The molecule has 78 valence electrons. The number of carbonyl (C=O) groups excluding carboxylic acids is 1. The molecule has 1 fully saturated rings. The van der Waals surface area contributed by atoms with Crippen molar-refractivity contribution >= 4 is 17.8 Å². The van der Waals surface area contributed by atoms with Gasteiger partial charge in [-0.25, -0.2) is 4.79 Å². The summed E-state index contributed by atoms with van der Waals surface area (Å²) in [6, 6.07) is 8.29. The molecule has 1 aromatic carbocycles. The van der Waals surface area contributed by atoms with E-state index in [0.717, 1.165) is 24.8 Å². The summed E-state index contributed by atoms with van der Waals surface area (Å²) in [4.78, 5) is 15.7. The Balaban J connectivity index is 2.38. The van der Waals surface area contributed by atoms with Crippen LogP contribution in [0, 0.1) is 0 Å². The molecule has 0 aliphatic heterocycles. The van der Waals surface area contributed by atoms with Crippen molar-refractivity contribution in [2.75, 3.05) is 6.26 Å². The summed E-state index contributed by atoms with van der Waals surface area (Å²) < 4.78 is 0. The first kappa shape index (κ1) is 10.5. The van der Waals surface area contributed by atoms with Gasteiger partial charge >= 0.3 is 0 Å². The third-order valence-electron chi connectivity index (χ3n) is 3.05. The molecule has 2 nitrogen and oxygen atoms in total. The van der Waals surface area contributed by atoms with Crippen molar-refractivity contribution in [3.8, 4) is 0 Å². The van der Waals surface area contributed by atoms with Gasteiger partial charge in [-0.3, -0.25) is 0 Å². The second-order valence-corrected chi connectivity index (χ2v) is 4.70. The van der Waals surface area contributed by atoms with E-state index in [2.05, 4.69) is 29.4 Å². The molecule has 0 saturated heterocycles. The predicted molar refractivity (Wildman–Crippen MR) is 61.9 cm³/mol. The van der Waals surface area contributed by atoms with Crippen molar-refractivity contribution in [1.82, 2.24) is 0 Å². The van der Waals surface area contributed by atoms with Gasteiger partial charge in [-0.1, -0.05) is 12.1 Å². The summed E-state index contributed by atoms with van der Waals surface area (Å²) >= 11 is 1.71. The molecule has 0 unspecified atom stereocenters. The summed E-state index contributed by atoms with van der Waals surface area (Å²) in [6.45, 7) is 0. The molecular formula is C12H13NOS. The highest BCUT2D eigenvalue weighted by atomic mass is 32.2. The fourth-order valence-corrected chi connectivity index (χ4v) is 2.44. The van der Waals surface area contributed by atoms with E-state index in [1.54, 1.807) is 17.8 Å². The number of rotatable bonds is 3. The first-order valence-corrected chi connectivity index (χ1v) is 6.27. The molecule has 0 radical (unpaired) electrons. The Morgan fingerprint density at radius 3 is 2.80 bits per heavy atom. The molecule has 0 amide bonds. The summed E-state index contributed by atoms with van der Waals surface area (Å²) in [6.07, 6.45) is 6.86. The lowest BCUT2D eigenvalue weighted by atomic mass is 9.72. The van der Waals surface area contributed by atoms with Crippen molar-refractivity contribution in [2.45, 2.75) is 29.7 Å². The smallest absolute Gasteiger partial charge is 0.211 e. The largest absolute Gasteiger partial charge is 0.235 e. The van der Waals surface area contributed by atoms with Crippen LogP contribution >= 0.6 is 11.8 Å². The molecule has 1 saturated carbocycles. The monoisotopic (exact) mass is 219 g/mol. The van der Waals surface area contributed by atoms with Gasteiger partial charge in [-0.2, -0.15) is 4.99 Å². The number of hydrogen-bond donors (Lipinski definition) is 0. The topological polar surface area (TPSA) is 29.4 Å². The minimum Gasteiger partial charge on any atom is -0.211 e. The number of nitrogens with zero attached hydrogens (tertiary/aromatic N) is 1. The molecule has 3 heteroatoms. The molecule has 0 aromatic heterocycles. The van der Waals surface area contributed by atoms with Gasteiger partial charge in [0.1, 0.15) is 0 Å². The molecule has 2 rings (SSSR count). The second kappa shape index (κ2) is 4.21. The summed E-state index contributed by atoms with van der Waals surface area (Å²) in [5.41, 5.74) is 0.900. The number of thioether (sulfide) groups is 1. The predicted octanol–water partition coefficient (Wildman–Crippen LogP) is 3.12. The summed E-state index contributed by atoms with van der Waals surface area (Å²) in [5, 5.41) is 0. The zero-order valence-electron chi connectivity index (χ0n) is 8.69. The molecule has 0 heterocycles. The third kappa shape index (κ3) is 1.85. The zero-order chi connectivity index (χ0) is 10.7. The van der Waals surface area contributed by atoms with Gasteiger partial charge in [0.05, 0.1) is 5.54 Å². The van der Waals surface area contributed by atoms with E-state index < -0.39 is 0 Å². The molecule has 0 N–H and O–H groups in total. The van der Waals surface area contributed by atoms with Crippen LogP contribution in [-0.2, 0) is 10.3 Å². The molecule has 1 aromatic rings. The third-order valence-corrected chi connectivity index (χ3v) is 3.77. The van der Waals surface area contributed by atoms with Gasteiger partial charge in [0.25, 0.3) is 0 Å². The van der Waals surface area contributed by atoms with Gasteiger partial charge in [0, 0.05) is 4.90 Å². The Bertz CT molecular complexity index is 406. The van der Waals surface area contributed by atoms with Crippen LogP contribution < -0.4 is 0 Å². The lowest BCUT2D eigenvalue weighted by Crippen LogP contribution is -2.31. The number of aliphatic imine (C=N–C) groups is 1. The Morgan fingerprint density at radius 1 is 1.47 bits per heavy atom. The highest BCUT2D eigenvalue weighted by Gasteiger charge is 2.38. The van der Waals surface area contributed by atoms with Crippen LogP contribution in [0.4, 0.5) is 0 Å². The van der Waals surface area contributed by atoms with Crippen molar-refractivity contribution in [3.63, 3.8) is 0 Å². The summed E-state index contributed by atoms with van der Waals surface area (Å²) in [7, 11) is 0. The van der Waals surface area contributed by atoms with Crippen LogP contribution in [0.3, 0.4) is 0 Å². The molecular weight excluding hydrogens is 206 g/mol. The number of hydrogen-bond acceptors (Lipinski definition) is 3. The van der Waals surface area contributed by atoms with Crippen LogP contribution in [0.25, 0.3) is 0 Å². The molecule has 1 aliphatic carbocycles. The minimum absolute atomic E-state index is 0.256. The van der Waals surface area contributed by atoms with Gasteiger partial charge in [0.15, 0.2) is 0 Å². The second-order valence-electron chi connectivity index (χ2n) is 3.82. The Hall–Kier alpha value is -1.05. The maximum absolute atomic E-state index is 10.4. The lowest BCUT2D eigenvalue weighted by molar-refractivity contribution is 0.255. The van der Waals surface area contributed by atoms with Crippen molar-refractivity contribution in [3.05, 3.63) is 29.8 Å². The average Bonchev–Trinajstić information content (AvgIpc) is 2.23. The molecule has 1 aliphatic rings. The Morgan fingerprint density at radius 2 is 2.27 bits per heavy atom. The van der Waals surface area contributed by atoms with Crippen LogP contribution in [-0.4, -0.2) is 12.3 Å². The van der Waals surface area contributed by atoms with Crippen LogP contribution in [0.2, 0.25) is 0 Å². The zero-order valence-corrected chi connectivity index (χ0v) is 9.51. The van der Waals surface area contributed by atoms with Gasteiger partial charge < -0.3 is 0 Å². The quantitative estimate of drug-likeness (QED) is 0.444. The fraction of sp³-hybridized carbons (Fsp3) is 0.417. The first-order chi connectivity index (χ1) is 7.30. The van der Waals surface area contributed by atoms with E-state index >= 15 is 0 Å². The Labute approximate surface area is 93.8 Å². The fourth-order valence-electron chi connectivity index (χ4n) is 1.98. The van der Waals surface area contributed by atoms with Crippen molar-refractivity contribution < 1.29 is 4.79 Å². The van der Waals surface area contributed by atoms with E-state index in [1.807, 2.05) is 6.07 Å². The van der Waals surface area contributed by atoms with Crippen LogP contribution in [0.5, 0.6) is 0 Å². The van der Waals surface area contributed by atoms with E-state index in [-0.39, 0.29) is 5.54 Å². The van der Waals surface area contributed by atoms with E-state index in [4.69, 9.17) is 0 Å². The standard InChI is InChI=1S/C12H13NOS/c1-15-11-5-2-4-10(8-11)12(13-9-14)6-3-7-12/h2,4-5,8H,3,6-7H2,1H3. The molecule has 0 spiro atoms. The SMILES string of the molecule is CSc1cccc(C2(N=C=O)CCC2)c1. The van der Waals surface area contributed by atoms with Crippen molar-refractivity contribution in [1.29, 1.82) is 0 Å². The van der Waals surface area contributed by atoms with Crippen LogP contribution in [0.1, 0.15) is 24.8 Å². The van der Waals surface area contributed by atoms with E-state index in [0.29, 0.717) is 0 Å². The minimum atomic E-state index is -0.256. The molecule has 0 bridgehead atoms. The maximum Gasteiger partial charge on any atom is 0.235 e. The van der Waals surface area contributed by atoms with Gasteiger partial charge in [-0.05, 0) is 43.2 Å². The number of isocyanates is 1. The number of benzene rings is 1. The highest BCUT2D eigenvalue weighted by Crippen LogP contribution is 2.45. The van der Waals surface area contributed by atoms with Crippen LogP contribution in [0.15, 0.2) is 34.2 Å². The Kier molecular flexibility index (Phi) is 2.94.